The van der Waals surface area contributed by atoms with Crippen LogP contribution in [0, 0.1) is 11.3 Å². The zero-order chi connectivity index (χ0) is 11.3. The molecule has 1 atom stereocenters. The highest BCUT2D eigenvalue weighted by molar-refractivity contribution is 6.31. The Bertz CT molecular complexity index is 357. The van der Waals surface area contributed by atoms with Crippen LogP contribution in [-0.2, 0) is 6.54 Å². The fraction of sp³-hybridized carbons (Fsp3) is 0.417. The van der Waals surface area contributed by atoms with Crippen LogP contribution in [0.5, 0.6) is 0 Å². The van der Waals surface area contributed by atoms with Crippen LogP contribution in [0.2, 0.25) is 5.02 Å². The van der Waals surface area contributed by atoms with Gasteiger partial charge in [-0.2, -0.15) is 5.26 Å². The Morgan fingerprint density at radius 3 is 2.73 bits per heavy atom. The molecule has 15 heavy (non-hydrogen) atoms. The number of nitrogens with zero attached hydrogens (tertiary/aromatic N) is 2. The van der Waals surface area contributed by atoms with Crippen molar-refractivity contribution in [3.63, 3.8) is 0 Å². The van der Waals surface area contributed by atoms with Gasteiger partial charge in [0.2, 0.25) is 0 Å². The van der Waals surface area contributed by atoms with Gasteiger partial charge in [0.15, 0.2) is 0 Å². The SMILES string of the molecule is C[C@H](CC#N)N(C)Cc1ccccc1Cl. The predicted molar refractivity (Wildman–Crippen MR) is 62.6 cm³/mol. The molecule has 1 rings (SSSR count). The Labute approximate surface area is 96.1 Å². The van der Waals surface area contributed by atoms with Crippen molar-refractivity contribution in [1.29, 1.82) is 5.26 Å². The van der Waals surface area contributed by atoms with E-state index >= 15 is 0 Å². The molecule has 0 saturated carbocycles. The zero-order valence-electron chi connectivity index (χ0n) is 9.07. The van der Waals surface area contributed by atoms with E-state index in [1.807, 2.05) is 38.2 Å². The van der Waals surface area contributed by atoms with Gasteiger partial charge < -0.3 is 0 Å². The van der Waals surface area contributed by atoms with Gasteiger partial charge in [-0.25, -0.2) is 0 Å². The molecule has 0 radical (unpaired) electrons. The smallest absolute Gasteiger partial charge is 0.0638 e. The van der Waals surface area contributed by atoms with Crippen LogP contribution in [0.15, 0.2) is 24.3 Å². The monoisotopic (exact) mass is 222 g/mol. The third-order valence-electron chi connectivity index (χ3n) is 2.52. The van der Waals surface area contributed by atoms with E-state index in [2.05, 4.69) is 11.0 Å². The second-order valence-corrected chi connectivity index (χ2v) is 4.12. The predicted octanol–water partition coefficient (Wildman–Crippen LogP) is 3.07. The van der Waals surface area contributed by atoms with Gasteiger partial charge in [-0.05, 0) is 25.6 Å². The fourth-order valence-corrected chi connectivity index (χ4v) is 1.53. The Morgan fingerprint density at radius 1 is 1.47 bits per heavy atom. The van der Waals surface area contributed by atoms with E-state index in [1.165, 1.54) is 0 Å². The van der Waals surface area contributed by atoms with Gasteiger partial charge in [-0.3, -0.25) is 4.90 Å². The van der Waals surface area contributed by atoms with Crippen LogP contribution in [0.1, 0.15) is 18.9 Å². The van der Waals surface area contributed by atoms with Gasteiger partial charge in [0, 0.05) is 17.6 Å². The highest BCUT2D eigenvalue weighted by atomic mass is 35.5. The molecule has 0 amide bonds. The molecule has 0 aliphatic heterocycles. The quantitative estimate of drug-likeness (QED) is 0.783. The number of halogens is 1. The number of rotatable bonds is 4. The Balaban J connectivity index is 2.63. The van der Waals surface area contributed by atoms with Crippen LogP contribution in [0.4, 0.5) is 0 Å². The lowest BCUT2D eigenvalue weighted by atomic mass is 10.1. The first-order valence-electron chi connectivity index (χ1n) is 4.95. The van der Waals surface area contributed by atoms with E-state index in [4.69, 9.17) is 16.9 Å². The molecule has 0 unspecified atom stereocenters. The molecule has 0 aliphatic carbocycles. The molecule has 0 aromatic heterocycles. The van der Waals surface area contributed by atoms with Crippen molar-refractivity contribution in [2.45, 2.75) is 25.9 Å². The van der Waals surface area contributed by atoms with Gasteiger partial charge in [0.25, 0.3) is 0 Å². The van der Waals surface area contributed by atoms with Crippen molar-refractivity contribution in [2.24, 2.45) is 0 Å². The molecule has 1 aromatic carbocycles. The minimum atomic E-state index is 0.256. The maximum absolute atomic E-state index is 8.60. The highest BCUT2D eigenvalue weighted by Gasteiger charge is 2.10. The van der Waals surface area contributed by atoms with Crippen molar-refractivity contribution in [3.8, 4) is 6.07 Å². The Morgan fingerprint density at radius 2 is 2.13 bits per heavy atom. The minimum Gasteiger partial charge on any atom is -0.298 e. The molecule has 0 fully saturated rings. The minimum absolute atomic E-state index is 0.256. The standard InChI is InChI=1S/C12H15ClN2/c1-10(7-8-14)15(2)9-11-5-3-4-6-12(11)13/h3-6,10H,7,9H2,1-2H3/t10-/m1/s1. The average molecular weight is 223 g/mol. The van der Waals surface area contributed by atoms with Crippen molar-refractivity contribution < 1.29 is 0 Å². The first-order chi connectivity index (χ1) is 7.15. The summed E-state index contributed by atoms with van der Waals surface area (Å²) in [5.41, 5.74) is 1.10. The summed E-state index contributed by atoms with van der Waals surface area (Å²) in [6, 6.07) is 10.2. The van der Waals surface area contributed by atoms with Gasteiger partial charge in [-0.15, -0.1) is 0 Å². The zero-order valence-corrected chi connectivity index (χ0v) is 9.83. The summed E-state index contributed by atoms with van der Waals surface area (Å²) < 4.78 is 0. The highest BCUT2D eigenvalue weighted by Crippen LogP contribution is 2.17. The molecule has 0 saturated heterocycles. The van der Waals surface area contributed by atoms with Crippen molar-refractivity contribution >= 4 is 11.6 Å². The maximum atomic E-state index is 8.60. The molecule has 3 heteroatoms. The van der Waals surface area contributed by atoms with Gasteiger partial charge in [0.1, 0.15) is 0 Å². The van der Waals surface area contributed by atoms with Crippen LogP contribution in [0.3, 0.4) is 0 Å². The number of hydrogen-bond donors (Lipinski definition) is 0. The second-order valence-electron chi connectivity index (χ2n) is 3.72. The third-order valence-corrected chi connectivity index (χ3v) is 2.89. The van der Waals surface area contributed by atoms with E-state index in [0.717, 1.165) is 17.1 Å². The van der Waals surface area contributed by atoms with E-state index in [0.29, 0.717) is 6.42 Å². The summed E-state index contributed by atoms with van der Waals surface area (Å²) in [5.74, 6) is 0. The molecule has 0 N–H and O–H groups in total. The molecular weight excluding hydrogens is 208 g/mol. The summed E-state index contributed by atoms with van der Waals surface area (Å²) in [4.78, 5) is 2.13. The average Bonchev–Trinajstić information content (AvgIpc) is 2.21. The van der Waals surface area contributed by atoms with E-state index < -0.39 is 0 Å². The van der Waals surface area contributed by atoms with Crippen LogP contribution in [-0.4, -0.2) is 18.0 Å². The molecule has 1 aromatic rings. The van der Waals surface area contributed by atoms with E-state index in [9.17, 15) is 0 Å². The summed E-state index contributed by atoms with van der Waals surface area (Å²) >= 11 is 6.06. The summed E-state index contributed by atoms with van der Waals surface area (Å²) in [6.07, 6.45) is 0.543. The van der Waals surface area contributed by atoms with Crippen LogP contribution >= 0.6 is 11.6 Å². The Kier molecular flexibility index (Phi) is 4.61. The first kappa shape index (κ1) is 12.0. The summed E-state index contributed by atoms with van der Waals surface area (Å²) in [6.45, 7) is 2.82. The van der Waals surface area contributed by atoms with Gasteiger partial charge in [-0.1, -0.05) is 29.8 Å². The lowest BCUT2D eigenvalue weighted by Crippen LogP contribution is -2.28. The molecule has 0 aliphatic rings. The molecule has 0 heterocycles. The van der Waals surface area contributed by atoms with Crippen LogP contribution < -0.4 is 0 Å². The molecular formula is C12H15ClN2. The lowest BCUT2D eigenvalue weighted by molar-refractivity contribution is 0.252. The van der Waals surface area contributed by atoms with Gasteiger partial charge >= 0.3 is 0 Å². The molecule has 0 bridgehead atoms. The maximum Gasteiger partial charge on any atom is 0.0638 e. The first-order valence-corrected chi connectivity index (χ1v) is 5.33. The van der Waals surface area contributed by atoms with Crippen molar-refractivity contribution in [1.82, 2.24) is 4.90 Å². The molecule has 0 spiro atoms. The van der Waals surface area contributed by atoms with Crippen molar-refractivity contribution in [3.05, 3.63) is 34.9 Å². The lowest BCUT2D eigenvalue weighted by Gasteiger charge is -2.22. The number of nitriles is 1. The van der Waals surface area contributed by atoms with Crippen LogP contribution in [0.25, 0.3) is 0 Å². The normalized spacial score (nSPS) is 12.5. The van der Waals surface area contributed by atoms with E-state index in [-0.39, 0.29) is 6.04 Å². The van der Waals surface area contributed by atoms with E-state index in [1.54, 1.807) is 0 Å². The largest absolute Gasteiger partial charge is 0.298 e. The summed E-state index contributed by atoms with van der Waals surface area (Å²) in [7, 11) is 2.01. The third kappa shape index (κ3) is 3.54. The Hall–Kier alpha value is -1.04. The molecule has 2 nitrogen and oxygen atoms in total. The fourth-order valence-electron chi connectivity index (χ4n) is 1.34. The van der Waals surface area contributed by atoms with Crippen molar-refractivity contribution in [2.75, 3.05) is 7.05 Å². The number of benzene rings is 1. The molecule has 80 valence electrons. The topological polar surface area (TPSA) is 27.0 Å². The van der Waals surface area contributed by atoms with Gasteiger partial charge in [0.05, 0.1) is 12.5 Å². The number of hydrogen-bond acceptors (Lipinski definition) is 2. The summed E-state index contributed by atoms with van der Waals surface area (Å²) in [5, 5.41) is 9.39. The second kappa shape index (κ2) is 5.75.